The summed E-state index contributed by atoms with van der Waals surface area (Å²) in [6, 6.07) is 0.953. The standard InChI is InChI=1S/C11H13ClFNO4/c1-2-18-9(16)4-8(15)10(17)7-3-6(13)5-14-11(7)12/h3,5,8,10,15,17H,2,4H2,1H3. The van der Waals surface area contributed by atoms with Gasteiger partial charge in [0, 0.05) is 5.56 Å². The van der Waals surface area contributed by atoms with E-state index >= 15 is 0 Å². The highest BCUT2D eigenvalue weighted by molar-refractivity contribution is 6.30. The summed E-state index contributed by atoms with van der Waals surface area (Å²) in [6.07, 6.45) is -2.48. The molecule has 2 N–H and O–H groups in total. The quantitative estimate of drug-likeness (QED) is 0.625. The maximum Gasteiger partial charge on any atom is 0.308 e. The number of pyridine rings is 1. The molecule has 0 fully saturated rings. The smallest absolute Gasteiger partial charge is 0.308 e. The molecule has 1 aromatic heterocycles. The van der Waals surface area contributed by atoms with Crippen molar-refractivity contribution in [3.05, 3.63) is 28.8 Å². The first-order valence-electron chi connectivity index (χ1n) is 5.28. The second-order valence-electron chi connectivity index (χ2n) is 3.55. The van der Waals surface area contributed by atoms with Gasteiger partial charge in [0.1, 0.15) is 17.1 Å². The van der Waals surface area contributed by atoms with Crippen LogP contribution in [0, 0.1) is 5.82 Å². The molecule has 0 aliphatic carbocycles. The third-order valence-electron chi connectivity index (χ3n) is 2.20. The summed E-state index contributed by atoms with van der Waals surface area (Å²) >= 11 is 5.67. The van der Waals surface area contributed by atoms with Gasteiger partial charge in [0.05, 0.1) is 25.3 Å². The topological polar surface area (TPSA) is 79.7 Å². The van der Waals surface area contributed by atoms with Gasteiger partial charge >= 0.3 is 5.97 Å². The number of hydrogen-bond acceptors (Lipinski definition) is 5. The van der Waals surface area contributed by atoms with Gasteiger partial charge in [-0.05, 0) is 13.0 Å². The second-order valence-corrected chi connectivity index (χ2v) is 3.91. The Balaban J connectivity index is 2.76. The fraction of sp³-hybridized carbons (Fsp3) is 0.455. The molecule has 2 atom stereocenters. The molecule has 0 bridgehead atoms. The van der Waals surface area contributed by atoms with Gasteiger partial charge in [-0.2, -0.15) is 0 Å². The van der Waals surface area contributed by atoms with Crippen LogP contribution in [0.5, 0.6) is 0 Å². The Morgan fingerprint density at radius 3 is 2.89 bits per heavy atom. The molecule has 0 amide bonds. The molecule has 0 aliphatic rings. The number of carbonyl (C=O) groups excluding carboxylic acids is 1. The maximum absolute atomic E-state index is 12.9. The van der Waals surface area contributed by atoms with E-state index in [4.69, 9.17) is 11.6 Å². The van der Waals surface area contributed by atoms with Crippen molar-refractivity contribution < 1.29 is 24.1 Å². The van der Waals surface area contributed by atoms with Crippen molar-refractivity contribution in [2.45, 2.75) is 25.6 Å². The van der Waals surface area contributed by atoms with E-state index in [1.807, 2.05) is 0 Å². The van der Waals surface area contributed by atoms with Crippen LogP contribution < -0.4 is 0 Å². The highest BCUT2D eigenvalue weighted by atomic mass is 35.5. The normalized spacial score (nSPS) is 14.1. The van der Waals surface area contributed by atoms with Crippen LogP contribution in [0.1, 0.15) is 25.0 Å². The molecule has 1 rings (SSSR count). The number of hydrogen-bond donors (Lipinski definition) is 2. The van der Waals surface area contributed by atoms with E-state index in [9.17, 15) is 19.4 Å². The van der Waals surface area contributed by atoms with Gasteiger partial charge in [0.15, 0.2) is 0 Å². The number of aromatic nitrogens is 1. The summed E-state index contributed by atoms with van der Waals surface area (Å²) in [5.41, 5.74) is -0.0755. The van der Waals surface area contributed by atoms with Crippen molar-refractivity contribution in [2.24, 2.45) is 0 Å². The molecular formula is C11H13ClFNO4. The van der Waals surface area contributed by atoms with Crippen LogP contribution in [0.4, 0.5) is 4.39 Å². The van der Waals surface area contributed by atoms with Gasteiger partial charge in [0.25, 0.3) is 0 Å². The fourth-order valence-corrected chi connectivity index (χ4v) is 1.57. The molecule has 7 heteroatoms. The zero-order valence-electron chi connectivity index (χ0n) is 9.64. The Morgan fingerprint density at radius 1 is 1.61 bits per heavy atom. The van der Waals surface area contributed by atoms with Gasteiger partial charge in [-0.3, -0.25) is 4.79 Å². The average molecular weight is 278 g/mol. The van der Waals surface area contributed by atoms with E-state index in [1.165, 1.54) is 0 Å². The molecule has 100 valence electrons. The minimum atomic E-state index is -1.51. The lowest BCUT2D eigenvalue weighted by molar-refractivity contribution is -0.147. The molecule has 0 saturated heterocycles. The lowest BCUT2D eigenvalue weighted by Crippen LogP contribution is -2.23. The largest absolute Gasteiger partial charge is 0.466 e. The van der Waals surface area contributed by atoms with Gasteiger partial charge in [-0.25, -0.2) is 9.37 Å². The lowest BCUT2D eigenvalue weighted by atomic mass is 10.0. The van der Waals surface area contributed by atoms with Crippen LogP contribution >= 0.6 is 11.6 Å². The molecule has 0 spiro atoms. The Bertz CT molecular complexity index is 430. The maximum atomic E-state index is 12.9. The van der Waals surface area contributed by atoms with E-state index in [0.29, 0.717) is 0 Å². The van der Waals surface area contributed by atoms with Crippen molar-refractivity contribution in [1.82, 2.24) is 4.98 Å². The van der Waals surface area contributed by atoms with Crippen molar-refractivity contribution in [1.29, 1.82) is 0 Å². The molecule has 5 nitrogen and oxygen atoms in total. The zero-order valence-corrected chi connectivity index (χ0v) is 10.4. The second kappa shape index (κ2) is 6.63. The summed E-state index contributed by atoms with van der Waals surface area (Å²) in [5.74, 6) is -1.36. The summed E-state index contributed by atoms with van der Waals surface area (Å²) in [5, 5.41) is 19.3. The molecule has 18 heavy (non-hydrogen) atoms. The molecule has 1 heterocycles. The minimum Gasteiger partial charge on any atom is -0.466 e. The van der Waals surface area contributed by atoms with E-state index in [-0.39, 0.29) is 17.3 Å². The number of esters is 1. The average Bonchev–Trinajstić information content (AvgIpc) is 2.31. The van der Waals surface area contributed by atoms with E-state index < -0.39 is 30.4 Å². The lowest BCUT2D eigenvalue weighted by Gasteiger charge is -2.18. The van der Waals surface area contributed by atoms with Crippen LogP contribution in [0.25, 0.3) is 0 Å². The highest BCUT2D eigenvalue weighted by Crippen LogP contribution is 2.25. The third-order valence-corrected chi connectivity index (χ3v) is 2.51. The van der Waals surface area contributed by atoms with Crippen molar-refractivity contribution >= 4 is 17.6 Å². The van der Waals surface area contributed by atoms with E-state index in [2.05, 4.69) is 9.72 Å². The molecule has 0 saturated carbocycles. The highest BCUT2D eigenvalue weighted by Gasteiger charge is 2.24. The number of ether oxygens (including phenoxy) is 1. The summed E-state index contributed by atoms with van der Waals surface area (Å²) in [4.78, 5) is 14.6. The number of carbonyl (C=O) groups is 1. The first-order chi connectivity index (χ1) is 8.45. The van der Waals surface area contributed by atoms with E-state index in [0.717, 1.165) is 12.3 Å². The Labute approximate surface area is 108 Å². The Hall–Kier alpha value is -1.24. The molecule has 0 radical (unpaired) electrons. The summed E-state index contributed by atoms with van der Waals surface area (Å²) in [6.45, 7) is 1.79. The summed E-state index contributed by atoms with van der Waals surface area (Å²) in [7, 11) is 0. The number of nitrogens with zero attached hydrogens (tertiary/aromatic N) is 1. The SMILES string of the molecule is CCOC(=O)CC(O)C(O)c1cc(F)cnc1Cl. The van der Waals surface area contributed by atoms with Gasteiger partial charge in [-0.1, -0.05) is 11.6 Å². The first-order valence-corrected chi connectivity index (χ1v) is 5.66. The van der Waals surface area contributed by atoms with Crippen molar-refractivity contribution in [3.8, 4) is 0 Å². The Kier molecular flexibility index (Phi) is 5.46. The van der Waals surface area contributed by atoms with Gasteiger partial charge < -0.3 is 14.9 Å². The molecule has 0 aliphatic heterocycles. The third kappa shape index (κ3) is 3.90. The molecular weight excluding hydrogens is 265 g/mol. The minimum absolute atomic E-state index is 0.0755. The summed E-state index contributed by atoms with van der Waals surface area (Å²) < 4.78 is 17.6. The fourth-order valence-electron chi connectivity index (χ4n) is 1.36. The monoisotopic (exact) mass is 277 g/mol. The predicted molar refractivity (Wildman–Crippen MR) is 61.4 cm³/mol. The van der Waals surface area contributed by atoms with Gasteiger partial charge in [-0.15, -0.1) is 0 Å². The molecule has 2 unspecified atom stereocenters. The first kappa shape index (κ1) is 14.8. The number of aliphatic hydroxyl groups excluding tert-OH is 2. The molecule has 0 aromatic carbocycles. The Morgan fingerprint density at radius 2 is 2.28 bits per heavy atom. The number of halogens is 2. The molecule has 1 aromatic rings. The van der Waals surface area contributed by atoms with Crippen molar-refractivity contribution in [2.75, 3.05) is 6.61 Å². The predicted octanol–water partition coefficient (Wildman–Crippen LogP) is 1.22. The van der Waals surface area contributed by atoms with Crippen LogP contribution in [0.3, 0.4) is 0 Å². The van der Waals surface area contributed by atoms with Gasteiger partial charge in [0.2, 0.25) is 0 Å². The van der Waals surface area contributed by atoms with Crippen LogP contribution in [-0.2, 0) is 9.53 Å². The number of rotatable bonds is 5. The van der Waals surface area contributed by atoms with Crippen molar-refractivity contribution in [3.63, 3.8) is 0 Å². The van der Waals surface area contributed by atoms with E-state index in [1.54, 1.807) is 6.92 Å². The van der Waals surface area contributed by atoms with Crippen LogP contribution in [0.2, 0.25) is 5.15 Å². The zero-order chi connectivity index (χ0) is 13.7. The van der Waals surface area contributed by atoms with Crippen LogP contribution in [-0.4, -0.2) is 33.9 Å². The number of aliphatic hydroxyl groups is 2. The van der Waals surface area contributed by atoms with Crippen LogP contribution in [0.15, 0.2) is 12.3 Å².